The molecule has 1 heterocycles. The molecule has 16 heavy (non-hydrogen) atoms. The highest BCUT2D eigenvalue weighted by Crippen LogP contribution is 2.32. The molecular weight excluding hydrogens is 202 g/mol. The lowest BCUT2D eigenvalue weighted by Gasteiger charge is -2.22. The maximum atomic E-state index is 12.0. The topological polar surface area (TPSA) is 38.3 Å². The van der Waals surface area contributed by atoms with E-state index in [1.807, 2.05) is 45.0 Å². The molecule has 0 aromatic heterocycles. The summed E-state index contributed by atoms with van der Waals surface area (Å²) in [6.45, 7) is 6.30. The Bertz CT molecular complexity index is 407. The van der Waals surface area contributed by atoms with Crippen molar-refractivity contribution >= 4 is 11.7 Å². The maximum Gasteiger partial charge on any atom is 0.315 e. The fraction of sp³-hybridized carbons (Fsp3) is 0.462. The van der Waals surface area contributed by atoms with Crippen molar-refractivity contribution in [1.82, 2.24) is 0 Å². The van der Waals surface area contributed by atoms with Crippen molar-refractivity contribution in [3.63, 3.8) is 0 Å². The summed E-state index contributed by atoms with van der Waals surface area (Å²) in [5.74, 6) is -0.319. The van der Waals surface area contributed by atoms with E-state index in [4.69, 9.17) is 4.74 Å². The summed E-state index contributed by atoms with van der Waals surface area (Å²) in [5.41, 5.74) is 1.66. The summed E-state index contributed by atoms with van der Waals surface area (Å²) in [5, 5.41) is 3.22. The summed E-state index contributed by atoms with van der Waals surface area (Å²) in [7, 11) is 0. The number of anilines is 1. The average Bonchev–Trinajstić information content (AvgIpc) is 2.58. The van der Waals surface area contributed by atoms with E-state index in [0.29, 0.717) is 6.54 Å². The first kappa shape index (κ1) is 11.0. The van der Waals surface area contributed by atoms with Gasteiger partial charge in [-0.15, -0.1) is 0 Å². The van der Waals surface area contributed by atoms with Crippen LogP contribution in [0.4, 0.5) is 5.69 Å². The van der Waals surface area contributed by atoms with Gasteiger partial charge in [-0.05, 0) is 32.4 Å². The number of para-hydroxylation sites is 1. The lowest BCUT2D eigenvalue weighted by Crippen LogP contribution is -2.28. The van der Waals surface area contributed by atoms with Crippen molar-refractivity contribution in [1.29, 1.82) is 0 Å². The van der Waals surface area contributed by atoms with E-state index < -0.39 is 5.60 Å². The molecule has 1 atom stereocenters. The third-order valence-corrected chi connectivity index (χ3v) is 2.52. The average molecular weight is 219 g/mol. The molecule has 3 nitrogen and oxygen atoms in total. The van der Waals surface area contributed by atoms with Gasteiger partial charge in [-0.3, -0.25) is 4.79 Å². The minimum Gasteiger partial charge on any atom is -0.459 e. The highest BCUT2D eigenvalue weighted by atomic mass is 16.6. The third-order valence-electron chi connectivity index (χ3n) is 2.52. The lowest BCUT2D eigenvalue weighted by molar-refractivity contribution is -0.156. The summed E-state index contributed by atoms with van der Waals surface area (Å²) in [6, 6.07) is 7.87. The predicted molar refractivity (Wildman–Crippen MR) is 63.5 cm³/mol. The third kappa shape index (κ3) is 2.18. The van der Waals surface area contributed by atoms with Gasteiger partial charge in [0.25, 0.3) is 0 Å². The zero-order valence-corrected chi connectivity index (χ0v) is 9.91. The SMILES string of the molecule is CC(C)(C)OC(=O)C1CNc2ccccc21. The first-order valence-electron chi connectivity index (χ1n) is 5.53. The fourth-order valence-corrected chi connectivity index (χ4v) is 1.87. The van der Waals surface area contributed by atoms with Crippen LogP contribution in [0.15, 0.2) is 24.3 Å². The minimum atomic E-state index is -0.422. The van der Waals surface area contributed by atoms with Crippen molar-refractivity contribution in [2.75, 3.05) is 11.9 Å². The zero-order chi connectivity index (χ0) is 11.8. The Balaban J connectivity index is 2.16. The number of nitrogens with one attached hydrogen (secondary N) is 1. The highest BCUT2D eigenvalue weighted by Gasteiger charge is 2.31. The van der Waals surface area contributed by atoms with Gasteiger partial charge in [0.05, 0.1) is 0 Å². The molecule has 0 radical (unpaired) electrons. The molecule has 3 heteroatoms. The van der Waals surface area contributed by atoms with Gasteiger partial charge in [0.15, 0.2) is 0 Å². The van der Waals surface area contributed by atoms with Gasteiger partial charge in [-0.25, -0.2) is 0 Å². The molecule has 0 amide bonds. The second kappa shape index (κ2) is 3.81. The first-order chi connectivity index (χ1) is 7.47. The molecule has 1 N–H and O–H groups in total. The van der Waals surface area contributed by atoms with Crippen LogP contribution >= 0.6 is 0 Å². The first-order valence-corrected chi connectivity index (χ1v) is 5.53. The smallest absolute Gasteiger partial charge is 0.315 e. The van der Waals surface area contributed by atoms with E-state index in [9.17, 15) is 4.79 Å². The molecule has 1 unspecified atom stereocenters. The molecule has 1 aromatic carbocycles. The number of esters is 1. The van der Waals surface area contributed by atoms with E-state index in [1.165, 1.54) is 0 Å². The number of benzene rings is 1. The van der Waals surface area contributed by atoms with E-state index in [1.54, 1.807) is 0 Å². The summed E-state index contributed by atoms with van der Waals surface area (Å²) in [4.78, 5) is 12.0. The molecule has 0 fully saturated rings. The van der Waals surface area contributed by atoms with Crippen molar-refractivity contribution in [2.24, 2.45) is 0 Å². The Morgan fingerprint density at radius 2 is 2.06 bits per heavy atom. The Hall–Kier alpha value is -1.51. The molecule has 1 aromatic rings. The van der Waals surface area contributed by atoms with Gasteiger partial charge in [0.2, 0.25) is 0 Å². The molecule has 0 aliphatic carbocycles. The van der Waals surface area contributed by atoms with Gasteiger partial charge in [-0.1, -0.05) is 18.2 Å². The molecule has 0 bridgehead atoms. The van der Waals surface area contributed by atoms with Crippen molar-refractivity contribution < 1.29 is 9.53 Å². The number of fused-ring (bicyclic) bond motifs is 1. The van der Waals surface area contributed by atoms with Crippen LogP contribution in [-0.4, -0.2) is 18.1 Å². The molecular formula is C13H17NO2. The maximum absolute atomic E-state index is 12.0. The van der Waals surface area contributed by atoms with E-state index in [2.05, 4.69) is 5.32 Å². The van der Waals surface area contributed by atoms with Gasteiger partial charge in [-0.2, -0.15) is 0 Å². The Labute approximate surface area is 95.8 Å². The van der Waals surface area contributed by atoms with Crippen LogP contribution in [0.5, 0.6) is 0 Å². The number of rotatable bonds is 1. The molecule has 1 aliphatic heterocycles. The van der Waals surface area contributed by atoms with Gasteiger partial charge in [0, 0.05) is 12.2 Å². The van der Waals surface area contributed by atoms with Gasteiger partial charge in [0.1, 0.15) is 11.5 Å². The predicted octanol–water partition coefficient (Wildman–Crippen LogP) is 2.54. The largest absolute Gasteiger partial charge is 0.459 e. The summed E-state index contributed by atoms with van der Waals surface area (Å²) < 4.78 is 5.40. The molecule has 86 valence electrons. The second-order valence-corrected chi connectivity index (χ2v) is 5.05. The van der Waals surface area contributed by atoms with E-state index in [-0.39, 0.29) is 11.9 Å². The number of carbonyl (C=O) groups excluding carboxylic acids is 1. The number of hydrogen-bond donors (Lipinski definition) is 1. The Morgan fingerprint density at radius 3 is 2.75 bits per heavy atom. The summed E-state index contributed by atoms with van der Waals surface area (Å²) >= 11 is 0. The van der Waals surface area contributed by atoms with Crippen LogP contribution < -0.4 is 5.32 Å². The molecule has 0 saturated heterocycles. The van der Waals surface area contributed by atoms with E-state index >= 15 is 0 Å². The van der Waals surface area contributed by atoms with Crippen molar-refractivity contribution in [2.45, 2.75) is 32.3 Å². The minimum absolute atomic E-state index is 0.148. The van der Waals surface area contributed by atoms with Gasteiger partial charge < -0.3 is 10.1 Å². The molecule has 1 aliphatic rings. The van der Waals surface area contributed by atoms with Crippen LogP contribution in [0.1, 0.15) is 32.3 Å². The van der Waals surface area contributed by atoms with E-state index in [0.717, 1.165) is 11.3 Å². The Morgan fingerprint density at radius 1 is 1.38 bits per heavy atom. The van der Waals surface area contributed by atoms with Crippen LogP contribution in [0, 0.1) is 0 Å². The lowest BCUT2D eigenvalue weighted by atomic mass is 10.0. The number of hydrogen-bond acceptors (Lipinski definition) is 3. The molecule has 0 saturated carbocycles. The quantitative estimate of drug-likeness (QED) is 0.738. The number of carbonyl (C=O) groups is 1. The normalized spacial score (nSPS) is 18.8. The monoisotopic (exact) mass is 219 g/mol. The number of ether oxygens (including phenoxy) is 1. The highest BCUT2D eigenvalue weighted by molar-refractivity contribution is 5.84. The Kier molecular flexibility index (Phi) is 2.62. The second-order valence-electron chi connectivity index (χ2n) is 5.05. The fourth-order valence-electron chi connectivity index (χ4n) is 1.87. The van der Waals surface area contributed by atoms with Gasteiger partial charge >= 0.3 is 5.97 Å². The standard InChI is InChI=1S/C13H17NO2/c1-13(2,3)16-12(15)10-8-14-11-7-5-4-6-9(10)11/h4-7,10,14H,8H2,1-3H3. The zero-order valence-electron chi connectivity index (χ0n) is 9.91. The van der Waals surface area contributed by atoms with Crippen LogP contribution in [0.25, 0.3) is 0 Å². The molecule has 2 rings (SSSR count). The van der Waals surface area contributed by atoms with Crippen molar-refractivity contribution in [3.8, 4) is 0 Å². The van der Waals surface area contributed by atoms with Crippen LogP contribution in [-0.2, 0) is 9.53 Å². The van der Waals surface area contributed by atoms with Crippen molar-refractivity contribution in [3.05, 3.63) is 29.8 Å². The summed E-state index contributed by atoms with van der Waals surface area (Å²) in [6.07, 6.45) is 0. The van der Waals surface area contributed by atoms with Crippen LogP contribution in [0.3, 0.4) is 0 Å². The van der Waals surface area contributed by atoms with Crippen LogP contribution in [0.2, 0.25) is 0 Å². The molecule has 0 spiro atoms.